The van der Waals surface area contributed by atoms with Gasteiger partial charge in [-0.2, -0.15) is 0 Å². The van der Waals surface area contributed by atoms with E-state index in [0.717, 1.165) is 11.1 Å². The van der Waals surface area contributed by atoms with Crippen molar-refractivity contribution in [1.29, 1.82) is 0 Å². The first-order valence-electron chi connectivity index (χ1n) is 8.29. The van der Waals surface area contributed by atoms with E-state index in [9.17, 15) is 14.0 Å². The van der Waals surface area contributed by atoms with E-state index in [2.05, 4.69) is 16.0 Å². The van der Waals surface area contributed by atoms with Crippen LogP contribution in [0.4, 0.5) is 9.18 Å². The van der Waals surface area contributed by atoms with Gasteiger partial charge in [-0.25, -0.2) is 9.18 Å². The topological polar surface area (TPSA) is 70.2 Å². The third-order valence-electron chi connectivity index (χ3n) is 3.79. The van der Waals surface area contributed by atoms with Crippen LogP contribution in [0.3, 0.4) is 0 Å². The van der Waals surface area contributed by atoms with Crippen molar-refractivity contribution in [2.45, 2.75) is 25.9 Å². The van der Waals surface area contributed by atoms with Gasteiger partial charge in [0.05, 0.1) is 12.6 Å². The lowest BCUT2D eigenvalue weighted by molar-refractivity contribution is -0.120. The summed E-state index contributed by atoms with van der Waals surface area (Å²) in [5, 5.41) is 8.61. The van der Waals surface area contributed by atoms with Gasteiger partial charge < -0.3 is 16.0 Å². The minimum atomic E-state index is -0.469. The Bertz CT molecular complexity index is 735. The first kappa shape index (κ1) is 19.7. The van der Waals surface area contributed by atoms with Gasteiger partial charge in [0.15, 0.2) is 0 Å². The number of benzene rings is 2. The Kier molecular flexibility index (Phi) is 7.41. The fourth-order valence-electron chi connectivity index (χ4n) is 2.37. The molecule has 0 heterocycles. The van der Waals surface area contributed by atoms with Gasteiger partial charge in [-0.1, -0.05) is 42.8 Å². The number of rotatable bonds is 7. The van der Waals surface area contributed by atoms with Crippen molar-refractivity contribution in [3.8, 4) is 0 Å². The van der Waals surface area contributed by atoms with E-state index in [4.69, 9.17) is 11.6 Å². The van der Waals surface area contributed by atoms with E-state index in [1.165, 1.54) is 12.1 Å². The molecule has 0 saturated carbocycles. The lowest BCUT2D eigenvalue weighted by Crippen LogP contribution is -2.42. The lowest BCUT2D eigenvalue weighted by atomic mass is 10.0. The Labute approximate surface area is 156 Å². The predicted octanol–water partition coefficient (Wildman–Crippen LogP) is 3.55. The maximum atomic E-state index is 12.8. The summed E-state index contributed by atoms with van der Waals surface area (Å²) in [6, 6.07) is 12.5. The first-order chi connectivity index (χ1) is 12.5. The molecule has 0 saturated heterocycles. The van der Waals surface area contributed by atoms with E-state index in [-0.39, 0.29) is 30.9 Å². The van der Waals surface area contributed by atoms with Crippen LogP contribution in [-0.2, 0) is 11.3 Å². The maximum absolute atomic E-state index is 12.8. The van der Waals surface area contributed by atoms with Crippen molar-refractivity contribution in [3.63, 3.8) is 0 Å². The number of halogens is 2. The molecule has 3 N–H and O–H groups in total. The average Bonchev–Trinajstić information content (AvgIpc) is 2.65. The van der Waals surface area contributed by atoms with Crippen LogP contribution >= 0.6 is 11.6 Å². The SMILES string of the molecule is CCC(NC(=O)CNC(=O)NCc1ccc(F)cc1)c1ccc(Cl)cc1. The van der Waals surface area contributed by atoms with Crippen LogP contribution in [0.15, 0.2) is 48.5 Å². The molecule has 0 aliphatic rings. The first-order valence-corrected chi connectivity index (χ1v) is 8.66. The molecule has 7 heteroatoms. The average molecular weight is 378 g/mol. The number of amides is 3. The van der Waals surface area contributed by atoms with Crippen molar-refractivity contribution in [1.82, 2.24) is 16.0 Å². The molecular formula is C19H21ClFN3O2. The molecule has 5 nitrogen and oxygen atoms in total. The number of hydrogen-bond acceptors (Lipinski definition) is 2. The monoisotopic (exact) mass is 377 g/mol. The minimum Gasteiger partial charge on any atom is -0.348 e. The largest absolute Gasteiger partial charge is 0.348 e. The molecule has 2 rings (SSSR count). The van der Waals surface area contributed by atoms with Crippen molar-refractivity contribution < 1.29 is 14.0 Å². The van der Waals surface area contributed by atoms with Gasteiger partial charge >= 0.3 is 6.03 Å². The Hall–Kier alpha value is -2.60. The summed E-state index contributed by atoms with van der Waals surface area (Å²) in [6.45, 7) is 2.07. The molecule has 26 heavy (non-hydrogen) atoms. The summed E-state index contributed by atoms with van der Waals surface area (Å²) in [6.07, 6.45) is 0.712. The highest BCUT2D eigenvalue weighted by molar-refractivity contribution is 6.30. The number of urea groups is 1. The molecule has 1 unspecified atom stereocenters. The van der Waals surface area contributed by atoms with Crippen molar-refractivity contribution in [2.75, 3.05) is 6.54 Å². The summed E-state index contributed by atoms with van der Waals surface area (Å²) < 4.78 is 12.8. The standard InChI is InChI=1S/C19H21ClFN3O2/c1-2-17(14-5-7-15(20)8-6-14)24-18(25)12-23-19(26)22-11-13-3-9-16(21)10-4-13/h3-10,17H,2,11-12H2,1H3,(H,24,25)(H2,22,23,26). The number of carbonyl (C=O) groups excluding carboxylic acids is 2. The Balaban J connectivity index is 1.75. The molecular weight excluding hydrogens is 357 g/mol. The summed E-state index contributed by atoms with van der Waals surface area (Å²) in [4.78, 5) is 23.8. The molecule has 0 aromatic heterocycles. The lowest BCUT2D eigenvalue weighted by Gasteiger charge is -2.18. The van der Waals surface area contributed by atoms with Crippen LogP contribution in [-0.4, -0.2) is 18.5 Å². The number of carbonyl (C=O) groups is 2. The second-order valence-electron chi connectivity index (χ2n) is 5.74. The zero-order chi connectivity index (χ0) is 18.9. The van der Waals surface area contributed by atoms with Crippen LogP contribution in [0.1, 0.15) is 30.5 Å². The smallest absolute Gasteiger partial charge is 0.315 e. The van der Waals surface area contributed by atoms with Crippen LogP contribution in [0, 0.1) is 5.82 Å². The minimum absolute atomic E-state index is 0.140. The summed E-state index contributed by atoms with van der Waals surface area (Å²) in [5.41, 5.74) is 1.71. The number of nitrogens with one attached hydrogen (secondary N) is 3. The van der Waals surface area contributed by atoms with E-state index in [1.807, 2.05) is 19.1 Å². The quantitative estimate of drug-likeness (QED) is 0.690. The maximum Gasteiger partial charge on any atom is 0.315 e. The normalized spacial score (nSPS) is 11.5. The zero-order valence-corrected chi connectivity index (χ0v) is 15.1. The fraction of sp³-hybridized carbons (Fsp3) is 0.263. The van der Waals surface area contributed by atoms with Gasteiger partial charge in [-0.15, -0.1) is 0 Å². The molecule has 1 atom stereocenters. The van der Waals surface area contributed by atoms with E-state index < -0.39 is 6.03 Å². The Morgan fingerprint density at radius 2 is 1.69 bits per heavy atom. The highest BCUT2D eigenvalue weighted by atomic mass is 35.5. The summed E-state index contributed by atoms with van der Waals surface area (Å²) in [7, 11) is 0. The molecule has 3 amide bonds. The van der Waals surface area contributed by atoms with Crippen molar-refractivity contribution >= 4 is 23.5 Å². The Morgan fingerprint density at radius 1 is 1.04 bits per heavy atom. The summed E-state index contributed by atoms with van der Waals surface area (Å²) >= 11 is 5.87. The molecule has 0 bridgehead atoms. The second kappa shape index (κ2) is 9.77. The van der Waals surface area contributed by atoms with E-state index >= 15 is 0 Å². The third kappa shape index (κ3) is 6.37. The van der Waals surface area contributed by atoms with Crippen LogP contribution in [0.25, 0.3) is 0 Å². The van der Waals surface area contributed by atoms with Gasteiger partial charge in [0.25, 0.3) is 0 Å². The molecule has 0 aliphatic carbocycles. The second-order valence-corrected chi connectivity index (χ2v) is 6.18. The van der Waals surface area contributed by atoms with Crippen molar-refractivity contribution in [3.05, 3.63) is 70.5 Å². The molecule has 2 aromatic rings. The molecule has 0 aliphatic heterocycles. The van der Waals surface area contributed by atoms with Gasteiger partial charge in [0, 0.05) is 11.6 Å². The fourth-order valence-corrected chi connectivity index (χ4v) is 2.50. The molecule has 138 valence electrons. The molecule has 0 radical (unpaired) electrons. The van der Waals surface area contributed by atoms with Crippen molar-refractivity contribution in [2.24, 2.45) is 0 Å². The van der Waals surface area contributed by atoms with Crippen LogP contribution < -0.4 is 16.0 Å². The highest BCUT2D eigenvalue weighted by Gasteiger charge is 2.13. The molecule has 0 spiro atoms. The van der Waals surface area contributed by atoms with Crippen LogP contribution in [0.5, 0.6) is 0 Å². The van der Waals surface area contributed by atoms with Gasteiger partial charge in [0.1, 0.15) is 5.82 Å². The Morgan fingerprint density at radius 3 is 2.31 bits per heavy atom. The van der Waals surface area contributed by atoms with Gasteiger partial charge in [-0.3, -0.25) is 4.79 Å². The number of hydrogen-bond donors (Lipinski definition) is 3. The van der Waals surface area contributed by atoms with Crippen LogP contribution in [0.2, 0.25) is 5.02 Å². The molecule has 0 fully saturated rings. The predicted molar refractivity (Wildman–Crippen MR) is 99.3 cm³/mol. The van der Waals surface area contributed by atoms with E-state index in [0.29, 0.717) is 11.4 Å². The van der Waals surface area contributed by atoms with Gasteiger partial charge in [0.2, 0.25) is 5.91 Å². The van der Waals surface area contributed by atoms with Gasteiger partial charge in [-0.05, 0) is 41.8 Å². The summed E-state index contributed by atoms with van der Waals surface area (Å²) in [5.74, 6) is -0.621. The van der Waals surface area contributed by atoms with E-state index in [1.54, 1.807) is 24.3 Å². The highest BCUT2D eigenvalue weighted by Crippen LogP contribution is 2.18. The molecule has 2 aromatic carbocycles. The zero-order valence-electron chi connectivity index (χ0n) is 14.4. The third-order valence-corrected chi connectivity index (χ3v) is 4.04.